The van der Waals surface area contributed by atoms with Crippen molar-refractivity contribution in [2.45, 2.75) is 0 Å². The van der Waals surface area contributed by atoms with Crippen molar-refractivity contribution in [3.63, 3.8) is 0 Å². The Morgan fingerprint density at radius 2 is 2.11 bits per heavy atom. The largest absolute Gasteiger partial charge is 0.465 e. The molecule has 0 radical (unpaired) electrons. The topological polar surface area (TPSA) is 42.4 Å². The van der Waals surface area contributed by atoms with E-state index in [1.807, 2.05) is 37.2 Å². The van der Waals surface area contributed by atoms with Crippen molar-refractivity contribution in [1.29, 1.82) is 0 Å². The number of carbonyl (C=O) groups excluding carboxylic acids is 1. The third kappa shape index (κ3) is 2.11. The summed E-state index contributed by atoms with van der Waals surface area (Å²) in [5, 5.41) is 1.11. The van der Waals surface area contributed by atoms with Crippen LogP contribution in [0, 0.1) is 0 Å². The number of halogens is 1. The number of hydrogen-bond acceptors (Lipinski definition) is 4. The number of methoxy groups -OCH3 is 1. The highest BCUT2D eigenvalue weighted by molar-refractivity contribution is 6.38. The van der Waals surface area contributed by atoms with Gasteiger partial charge in [-0.2, -0.15) is 0 Å². The van der Waals surface area contributed by atoms with Crippen LogP contribution in [0.4, 0.5) is 5.69 Å². The van der Waals surface area contributed by atoms with Crippen molar-refractivity contribution in [2.75, 3.05) is 26.1 Å². The lowest BCUT2D eigenvalue weighted by molar-refractivity contribution is 0.0600. The molecule has 0 fully saturated rings. The molecular formula is C13H13ClN2O2. The van der Waals surface area contributed by atoms with Gasteiger partial charge in [0.05, 0.1) is 23.2 Å². The predicted octanol–water partition coefficient (Wildman–Crippen LogP) is 2.74. The molecule has 5 heteroatoms. The van der Waals surface area contributed by atoms with Crippen LogP contribution in [0.15, 0.2) is 24.4 Å². The quantitative estimate of drug-likeness (QED) is 0.782. The van der Waals surface area contributed by atoms with Crippen LogP contribution in [0.3, 0.4) is 0 Å². The molecule has 2 aromatic rings. The molecule has 0 spiro atoms. The van der Waals surface area contributed by atoms with Crippen molar-refractivity contribution in [3.8, 4) is 0 Å². The molecule has 1 aromatic carbocycles. The lowest BCUT2D eigenvalue weighted by Gasteiger charge is -2.13. The summed E-state index contributed by atoms with van der Waals surface area (Å²) in [5.41, 5.74) is 2.02. The molecule has 0 aliphatic carbocycles. The van der Waals surface area contributed by atoms with E-state index in [0.29, 0.717) is 5.02 Å². The van der Waals surface area contributed by atoms with Crippen molar-refractivity contribution < 1.29 is 9.53 Å². The second-order valence-corrected chi connectivity index (χ2v) is 4.45. The Bertz CT molecular complexity index is 611. The van der Waals surface area contributed by atoms with E-state index in [0.717, 1.165) is 16.6 Å². The number of carbonyl (C=O) groups is 1. The maximum absolute atomic E-state index is 11.5. The van der Waals surface area contributed by atoms with E-state index in [4.69, 9.17) is 11.6 Å². The van der Waals surface area contributed by atoms with E-state index >= 15 is 0 Å². The summed E-state index contributed by atoms with van der Waals surface area (Å²) >= 11 is 6.23. The molecule has 0 aliphatic heterocycles. The number of fused-ring (bicyclic) bond motifs is 1. The van der Waals surface area contributed by atoms with Crippen molar-refractivity contribution in [3.05, 3.63) is 35.0 Å². The summed E-state index contributed by atoms with van der Waals surface area (Å²) in [4.78, 5) is 17.7. The molecule has 0 N–H and O–H groups in total. The Morgan fingerprint density at radius 1 is 1.39 bits per heavy atom. The Kier molecular flexibility index (Phi) is 3.39. The minimum absolute atomic E-state index is 0.280. The molecular weight excluding hydrogens is 252 g/mol. The molecule has 0 saturated heterocycles. The van der Waals surface area contributed by atoms with Gasteiger partial charge in [-0.3, -0.25) is 4.98 Å². The number of pyridine rings is 1. The molecule has 0 unspecified atom stereocenters. The lowest BCUT2D eigenvalue weighted by Crippen LogP contribution is -2.08. The number of rotatable bonds is 2. The normalized spacial score (nSPS) is 10.4. The van der Waals surface area contributed by atoms with E-state index in [9.17, 15) is 4.79 Å². The standard InChI is InChI=1S/C13H13ClN2O2/c1-16(2)8-4-5-11-9(6-8)12(14)10(7-15-11)13(17)18-3/h4-7H,1-3H3. The van der Waals surface area contributed by atoms with Crippen LogP contribution < -0.4 is 4.90 Å². The zero-order chi connectivity index (χ0) is 13.3. The second-order valence-electron chi connectivity index (χ2n) is 4.07. The highest BCUT2D eigenvalue weighted by Crippen LogP contribution is 2.29. The van der Waals surface area contributed by atoms with Gasteiger partial charge in [-0.05, 0) is 18.2 Å². The first-order valence-corrected chi connectivity index (χ1v) is 5.76. The highest BCUT2D eigenvalue weighted by atomic mass is 35.5. The highest BCUT2D eigenvalue weighted by Gasteiger charge is 2.14. The van der Waals surface area contributed by atoms with Gasteiger partial charge in [-0.1, -0.05) is 11.6 Å². The van der Waals surface area contributed by atoms with Crippen molar-refractivity contribution >= 4 is 34.2 Å². The molecule has 0 amide bonds. The zero-order valence-corrected chi connectivity index (χ0v) is 11.2. The first-order chi connectivity index (χ1) is 8.54. The van der Waals surface area contributed by atoms with Gasteiger partial charge in [0.2, 0.25) is 0 Å². The van der Waals surface area contributed by atoms with E-state index in [-0.39, 0.29) is 5.56 Å². The number of aromatic nitrogens is 1. The van der Waals surface area contributed by atoms with E-state index in [2.05, 4.69) is 9.72 Å². The number of hydrogen-bond donors (Lipinski definition) is 0. The summed E-state index contributed by atoms with van der Waals surface area (Å²) < 4.78 is 4.67. The van der Waals surface area contributed by atoms with Crippen LogP contribution in [0.25, 0.3) is 10.9 Å². The van der Waals surface area contributed by atoms with Crippen LogP contribution in [0.5, 0.6) is 0 Å². The van der Waals surface area contributed by atoms with Gasteiger partial charge in [0.15, 0.2) is 0 Å². The maximum Gasteiger partial charge on any atom is 0.340 e. The molecule has 2 rings (SSSR count). The second kappa shape index (κ2) is 4.82. The number of esters is 1. The summed E-state index contributed by atoms with van der Waals surface area (Å²) in [6, 6.07) is 5.72. The van der Waals surface area contributed by atoms with Gasteiger partial charge in [0.25, 0.3) is 0 Å². The van der Waals surface area contributed by atoms with Crippen LogP contribution >= 0.6 is 11.6 Å². The summed E-state index contributed by atoms with van der Waals surface area (Å²) in [6.45, 7) is 0. The molecule has 94 valence electrons. The Balaban J connectivity index is 2.67. The van der Waals surface area contributed by atoms with Crippen LogP contribution in [-0.2, 0) is 4.74 Å². The lowest BCUT2D eigenvalue weighted by atomic mass is 10.1. The minimum atomic E-state index is -0.482. The first-order valence-electron chi connectivity index (χ1n) is 5.38. The third-order valence-electron chi connectivity index (χ3n) is 2.71. The Hall–Kier alpha value is -1.81. The van der Waals surface area contributed by atoms with E-state index < -0.39 is 5.97 Å². The van der Waals surface area contributed by atoms with Gasteiger partial charge >= 0.3 is 5.97 Å². The average molecular weight is 265 g/mol. The molecule has 0 bridgehead atoms. The van der Waals surface area contributed by atoms with Crippen molar-refractivity contribution in [2.24, 2.45) is 0 Å². The van der Waals surface area contributed by atoms with E-state index in [1.54, 1.807) is 0 Å². The summed E-state index contributed by atoms with van der Waals surface area (Å²) in [6.07, 6.45) is 1.44. The molecule has 0 atom stereocenters. The predicted molar refractivity (Wildman–Crippen MR) is 72.4 cm³/mol. The van der Waals surface area contributed by atoms with Gasteiger partial charge < -0.3 is 9.64 Å². The fraction of sp³-hybridized carbons (Fsp3) is 0.231. The monoisotopic (exact) mass is 264 g/mol. The van der Waals surface area contributed by atoms with Gasteiger partial charge in [0.1, 0.15) is 0 Å². The molecule has 1 heterocycles. The smallest absolute Gasteiger partial charge is 0.340 e. The SMILES string of the molecule is COC(=O)c1cnc2ccc(N(C)C)cc2c1Cl. The average Bonchev–Trinajstić information content (AvgIpc) is 2.38. The molecule has 0 aliphatic rings. The summed E-state index contributed by atoms with van der Waals surface area (Å²) in [7, 11) is 5.19. The van der Waals surface area contributed by atoms with Crippen molar-refractivity contribution in [1.82, 2.24) is 4.98 Å². The van der Waals surface area contributed by atoms with Gasteiger partial charge in [0, 0.05) is 31.4 Å². The Labute approximate surface area is 110 Å². The van der Waals surface area contributed by atoms with Crippen LogP contribution in [0.1, 0.15) is 10.4 Å². The van der Waals surface area contributed by atoms with Gasteiger partial charge in [-0.15, -0.1) is 0 Å². The maximum atomic E-state index is 11.5. The Morgan fingerprint density at radius 3 is 2.72 bits per heavy atom. The van der Waals surface area contributed by atoms with Crippen LogP contribution in [0.2, 0.25) is 5.02 Å². The number of benzene rings is 1. The van der Waals surface area contributed by atoms with E-state index in [1.165, 1.54) is 13.3 Å². The summed E-state index contributed by atoms with van der Waals surface area (Å²) in [5.74, 6) is -0.482. The number of anilines is 1. The zero-order valence-electron chi connectivity index (χ0n) is 10.4. The third-order valence-corrected chi connectivity index (χ3v) is 3.11. The molecule has 18 heavy (non-hydrogen) atoms. The van der Waals surface area contributed by atoms with Gasteiger partial charge in [-0.25, -0.2) is 4.79 Å². The molecule has 0 saturated carbocycles. The molecule has 1 aromatic heterocycles. The fourth-order valence-electron chi connectivity index (χ4n) is 1.68. The minimum Gasteiger partial charge on any atom is -0.465 e. The van der Waals surface area contributed by atoms with Crippen LogP contribution in [-0.4, -0.2) is 32.2 Å². The first kappa shape index (κ1) is 12.6. The number of ether oxygens (including phenoxy) is 1. The number of nitrogens with zero attached hydrogens (tertiary/aromatic N) is 2. The fourth-order valence-corrected chi connectivity index (χ4v) is 1.96. The molecule has 4 nitrogen and oxygen atoms in total.